The molecule has 2 heteroatoms. The Labute approximate surface area is 73.4 Å². The van der Waals surface area contributed by atoms with E-state index in [1.54, 1.807) is 19.1 Å². The van der Waals surface area contributed by atoms with Crippen LogP contribution in [0, 0.1) is 11.8 Å². The highest BCUT2D eigenvalue weighted by Gasteiger charge is 1.88. The zero-order chi connectivity index (χ0) is 9.23. The summed E-state index contributed by atoms with van der Waals surface area (Å²) in [7, 11) is 0. The van der Waals surface area contributed by atoms with E-state index in [0.717, 1.165) is 0 Å². The van der Waals surface area contributed by atoms with Crippen molar-refractivity contribution in [2.24, 2.45) is 0 Å². The lowest BCUT2D eigenvalue weighted by Gasteiger charge is -1.92. The van der Waals surface area contributed by atoms with E-state index in [-0.39, 0.29) is 5.91 Å². The van der Waals surface area contributed by atoms with E-state index in [9.17, 15) is 4.79 Å². The summed E-state index contributed by atoms with van der Waals surface area (Å²) >= 11 is 0. The van der Waals surface area contributed by atoms with Crippen LogP contribution in [0.25, 0.3) is 0 Å². The Morgan fingerprint density at radius 2 is 2.25 bits per heavy atom. The Bertz CT molecular complexity index is 240. The normalized spacial score (nSPS) is 9.83. The van der Waals surface area contributed by atoms with Gasteiger partial charge in [-0.3, -0.25) is 4.79 Å². The number of hydrogen-bond donors (Lipinski definition) is 1. The molecule has 0 atom stereocenters. The average molecular weight is 163 g/mol. The highest BCUT2D eigenvalue weighted by molar-refractivity contribution is 5.87. The number of hydrogen-bond acceptors (Lipinski definition) is 1. The molecule has 1 N–H and O–H groups in total. The lowest BCUT2D eigenvalue weighted by Crippen LogP contribution is -2.20. The first kappa shape index (κ1) is 10.5. The summed E-state index contributed by atoms with van der Waals surface area (Å²) in [5, 5.41) is 2.61. The molecule has 0 bridgehead atoms. The van der Waals surface area contributed by atoms with Crippen LogP contribution in [0.3, 0.4) is 0 Å². The standard InChI is InChI=1S/C10H13NO/c1-3-5-7-8-10(12)11-9-6-4-2/h3,5,7-8H,9H2,1-2H3,(H,11,12)/b5-3+,8-7+. The molecular formula is C10H13NO. The number of carbonyl (C=O) groups excluding carboxylic acids is 1. The summed E-state index contributed by atoms with van der Waals surface area (Å²) in [4.78, 5) is 10.9. The van der Waals surface area contributed by atoms with Crippen LogP contribution in [0.5, 0.6) is 0 Å². The Hall–Kier alpha value is -1.49. The van der Waals surface area contributed by atoms with Crippen LogP contribution < -0.4 is 5.32 Å². The number of allylic oxidation sites excluding steroid dienone is 3. The molecule has 0 aromatic heterocycles. The van der Waals surface area contributed by atoms with Gasteiger partial charge in [-0.15, -0.1) is 5.92 Å². The van der Waals surface area contributed by atoms with E-state index in [0.29, 0.717) is 6.54 Å². The van der Waals surface area contributed by atoms with E-state index in [2.05, 4.69) is 17.2 Å². The van der Waals surface area contributed by atoms with Crippen molar-refractivity contribution in [3.05, 3.63) is 24.3 Å². The molecular weight excluding hydrogens is 150 g/mol. The van der Waals surface area contributed by atoms with Gasteiger partial charge in [0.05, 0.1) is 6.54 Å². The van der Waals surface area contributed by atoms with Crippen molar-refractivity contribution in [3.63, 3.8) is 0 Å². The monoisotopic (exact) mass is 163 g/mol. The second-order valence-corrected chi connectivity index (χ2v) is 2.03. The summed E-state index contributed by atoms with van der Waals surface area (Å²) in [5.74, 6) is 5.31. The van der Waals surface area contributed by atoms with Crippen LogP contribution in [-0.2, 0) is 4.79 Å². The first-order valence-corrected chi connectivity index (χ1v) is 3.78. The Balaban J connectivity index is 3.64. The van der Waals surface area contributed by atoms with Crippen LogP contribution in [-0.4, -0.2) is 12.5 Å². The van der Waals surface area contributed by atoms with Gasteiger partial charge in [0.1, 0.15) is 0 Å². The first-order valence-electron chi connectivity index (χ1n) is 3.78. The lowest BCUT2D eigenvalue weighted by molar-refractivity contribution is -0.116. The Morgan fingerprint density at radius 3 is 2.83 bits per heavy atom. The van der Waals surface area contributed by atoms with Gasteiger partial charge in [0, 0.05) is 6.08 Å². The SMILES string of the molecule is CC#CCNC(=O)/C=C/C=C/C. The van der Waals surface area contributed by atoms with E-state index in [4.69, 9.17) is 0 Å². The minimum absolute atomic E-state index is 0.115. The molecule has 2 nitrogen and oxygen atoms in total. The lowest BCUT2D eigenvalue weighted by atomic mass is 10.4. The largest absolute Gasteiger partial charge is 0.342 e. The van der Waals surface area contributed by atoms with E-state index >= 15 is 0 Å². The van der Waals surface area contributed by atoms with Gasteiger partial charge in [-0.25, -0.2) is 0 Å². The maximum atomic E-state index is 10.9. The fourth-order valence-corrected chi connectivity index (χ4v) is 0.533. The van der Waals surface area contributed by atoms with E-state index in [1.807, 2.05) is 13.0 Å². The van der Waals surface area contributed by atoms with Gasteiger partial charge in [0.25, 0.3) is 0 Å². The summed E-state index contributed by atoms with van der Waals surface area (Å²) in [5.41, 5.74) is 0. The van der Waals surface area contributed by atoms with Gasteiger partial charge in [-0.05, 0) is 13.8 Å². The molecule has 0 fully saturated rings. The molecule has 0 spiro atoms. The topological polar surface area (TPSA) is 29.1 Å². The van der Waals surface area contributed by atoms with Crippen molar-refractivity contribution >= 4 is 5.91 Å². The predicted octanol–water partition coefficient (Wildman–Crippen LogP) is 1.26. The molecule has 0 aromatic rings. The highest BCUT2D eigenvalue weighted by Crippen LogP contribution is 1.76. The quantitative estimate of drug-likeness (QED) is 0.379. The molecule has 0 aliphatic rings. The average Bonchev–Trinajstić information content (AvgIpc) is 2.06. The fourth-order valence-electron chi connectivity index (χ4n) is 0.533. The molecule has 0 rings (SSSR count). The van der Waals surface area contributed by atoms with Gasteiger partial charge in [0.15, 0.2) is 0 Å². The minimum Gasteiger partial charge on any atom is -0.342 e. The van der Waals surface area contributed by atoms with Crippen molar-refractivity contribution in [1.82, 2.24) is 5.32 Å². The predicted molar refractivity (Wildman–Crippen MR) is 50.4 cm³/mol. The van der Waals surface area contributed by atoms with Gasteiger partial charge in [0.2, 0.25) is 5.91 Å². The van der Waals surface area contributed by atoms with Crippen LogP contribution in [0.1, 0.15) is 13.8 Å². The second kappa shape index (κ2) is 7.62. The van der Waals surface area contributed by atoms with Crippen LogP contribution in [0.2, 0.25) is 0 Å². The summed E-state index contributed by atoms with van der Waals surface area (Å²) in [6.45, 7) is 4.04. The van der Waals surface area contributed by atoms with Crippen LogP contribution in [0.4, 0.5) is 0 Å². The molecule has 0 aliphatic carbocycles. The maximum Gasteiger partial charge on any atom is 0.244 e. The molecule has 1 amide bonds. The fraction of sp³-hybridized carbons (Fsp3) is 0.300. The van der Waals surface area contributed by atoms with Crippen molar-refractivity contribution < 1.29 is 4.79 Å². The van der Waals surface area contributed by atoms with Gasteiger partial charge in [-0.1, -0.05) is 24.1 Å². The molecule has 0 heterocycles. The Morgan fingerprint density at radius 1 is 1.50 bits per heavy atom. The first-order chi connectivity index (χ1) is 5.81. The van der Waals surface area contributed by atoms with Gasteiger partial charge < -0.3 is 5.32 Å². The van der Waals surface area contributed by atoms with Gasteiger partial charge in [-0.2, -0.15) is 0 Å². The minimum atomic E-state index is -0.115. The second-order valence-electron chi connectivity index (χ2n) is 2.03. The molecule has 0 aliphatic heterocycles. The summed E-state index contributed by atoms with van der Waals surface area (Å²) in [6, 6.07) is 0. The van der Waals surface area contributed by atoms with Crippen molar-refractivity contribution in [1.29, 1.82) is 0 Å². The molecule has 64 valence electrons. The number of amides is 1. The molecule has 0 aromatic carbocycles. The number of rotatable bonds is 3. The third-order valence-electron chi connectivity index (χ3n) is 1.08. The Kier molecular flexibility index (Phi) is 6.67. The van der Waals surface area contributed by atoms with Crippen molar-refractivity contribution in [2.45, 2.75) is 13.8 Å². The number of nitrogens with one attached hydrogen (secondary N) is 1. The molecule has 0 saturated heterocycles. The third-order valence-corrected chi connectivity index (χ3v) is 1.08. The third kappa shape index (κ3) is 6.63. The zero-order valence-corrected chi connectivity index (χ0v) is 7.42. The molecule has 0 radical (unpaired) electrons. The summed E-state index contributed by atoms with van der Waals surface area (Å²) < 4.78 is 0. The molecule has 0 saturated carbocycles. The maximum absolute atomic E-state index is 10.9. The van der Waals surface area contributed by atoms with Crippen molar-refractivity contribution in [3.8, 4) is 11.8 Å². The van der Waals surface area contributed by atoms with E-state index < -0.39 is 0 Å². The van der Waals surface area contributed by atoms with E-state index in [1.165, 1.54) is 6.08 Å². The highest BCUT2D eigenvalue weighted by atomic mass is 16.1. The van der Waals surface area contributed by atoms with Gasteiger partial charge >= 0.3 is 0 Å². The smallest absolute Gasteiger partial charge is 0.244 e. The molecule has 12 heavy (non-hydrogen) atoms. The zero-order valence-electron chi connectivity index (χ0n) is 7.42. The number of carbonyl (C=O) groups is 1. The van der Waals surface area contributed by atoms with Crippen LogP contribution in [0.15, 0.2) is 24.3 Å². The summed E-state index contributed by atoms with van der Waals surface area (Å²) in [6.07, 6.45) is 6.81. The van der Waals surface area contributed by atoms with Crippen LogP contribution >= 0.6 is 0 Å². The molecule has 0 unspecified atom stereocenters. The van der Waals surface area contributed by atoms with Crippen molar-refractivity contribution in [2.75, 3.05) is 6.54 Å².